The smallest absolute Gasteiger partial charge is 0.337 e. The molecule has 1 heterocycles. The minimum Gasteiger partial charge on any atom is -0.465 e. The molecule has 0 saturated heterocycles. The molecular weight excluding hydrogens is 368 g/mol. The van der Waals surface area contributed by atoms with Gasteiger partial charge in [-0.3, -0.25) is 4.79 Å². The second kappa shape index (κ2) is 8.51. The van der Waals surface area contributed by atoms with Crippen LogP contribution in [0.25, 0.3) is 11.3 Å². The number of aryl methyl sites for hydroxylation is 1. The molecule has 1 aromatic heterocycles. The SMILES string of the molecule is COC(=O)c1ccc(Cl)c(NC(=O)CCc2ncc(-c3ccccc3)o2)c1. The highest BCUT2D eigenvalue weighted by atomic mass is 35.5. The minimum atomic E-state index is -0.504. The van der Waals surface area contributed by atoms with Crippen LogP contribution in [0.2, 0.25) is 5.02 Å². The van der Waals surface area contributed by atoms with Gasteiger partial charge in [0.25, 0.3) is 0 Å². The van der Waals surface area contributed by atoms with Gasteiger partial charge in [0.05, 0.1) is 29.6 Å². The van der Waals surface area contributed by atoms with E-state index in [0.717, 1.165) is 5.56 Å². The van der Waals surface area contributed by atoms with Crippen molar-refractivity contribution in [3.8, 4) is 11.3 Å². The van der Waals surface area contributed by atoms with Crippen LogP contribution in [0.4, 0.5) is 5.69 Å². The summed E-state index contributed by atoms with van der Waals surface area (Å²) in [6.07, 6.45) is 2.14. The lowest BCUT2D eigenvalue weighted by atomic mass is 10.2. The summed E-state index contributed by atoms with van der Waals surface area (Å²) in [6, 6.07) is 14.1. The van der Waals surface area contributed by atoms with Gasteiger partial charge >= 0.3 is 5.97 Å². The maximum absolute atomic E-state index is 12.2. The molecule has 3 aromatic rings. The molecule has 138 valence electrons. The number of carbonyl (C=O) groups is 2. The van der Waals surface area contributed by atoms with Crippen molar-refractivity contribution in [3.63, 3.8) is 0 Å². The standard InChI is InChI=1S/C20H17ClN2O4/c1-26-20(25)14-7-8-15(21)16(11-14)23-18(24)9-10-19-22-12-17(27-19)13-5-3-2-4-6-13/h2-8,11-12H,9-10H2,1H3,(H,23,24). The topological polar surface area (TPSA) is 81.4 Å². The molecule has 0 aliphatic rings. The maximum Gasteiger partial charge on any atom is 0.337 e. The third-order valence-electron chi connectivity index (χ3n) is 3.84. The predicted molar refractivity (Wildman–Crippen MR) is 102 cm³/mol. The molecule has 27 heavy (non-hydrogen) atoms. The van der Waals surface area contributed by atoms with Crippen molar-refractivity contribution in [1.82, 2.24) is 4.98 Å². The molecule has 0 fully saturated rings. The zero-order valence-electron chi connectivity index (χ0n) is 14.6. The van der Waals surface area contributed by atoms with E-state index in [-0.39, 0.29) is 12.3 Å². The number of anilines is 1. The Morgan fingerprint density at radius 1 is 1.19 bits per heavy atom. The van der Waals surface area contributed by atoms with E-state index in [9.17, 15) is 9.59 Å². The lowest BCUT2D eigenvalue weighted by Gasteiger charge is -2.08. The predicted octanol–water partition coefficient (Wildman–Crippen LogP) is 4.35. The number of nitrogens with one attached hydrogen (secondary N) is 1. The van der Waals surface area contributed by atoms with E-state index in [1.165, 1.54) is 25.3 Å². The van der Waals surface area contributed by atoms with Gasteiger partial charge in [-0.05, 0) is 18.2 Å². The summed E-state index contributed by atoms with van der Waals surface area (Å²) in [6.45, 7) is 0. The Bertz CT molecular complexity index is 954. The van der Waals surface area contributed by atoms with E-state index >= 15 is 0 Å². The summed E-state index contributed by atoms with van der Waals surface area (Å²) in [5, 5.41) is 3.02. The number of oxazole rings is 1. The van der Waals surface area contributed by atoms with Crippen LogP contribution in [0, 0.1) is 0 Å². The third-order valence-corrected chi connectivity index (χ3v) is 4.17. The number of esters is 1. The number of halogens is 1. The second-order valence-corrected chi connectivity index (χ2v) is 6.13. The van der Waals surface area contributed by atoms with Crippen LogP contribution >= 0.6 is 11.6 Å². The first-order valence-electron chi connectivity index (χ1n) is 8.24. The Balaban J connectivity index is 1.61. The van der Waals surface area contributed by atoms with Gasteiger partial charge in [0.1, 0.15) is 0 Å². The fraction of sp³-hybridized carbons (Fsp3) is 0.150. The van der Waals surface area contributed by atoms with Gasteiger partial charge in [0.15, 0.2) is 11.7 Å². The molecule has 0 aliphatic heterocycles. The zero-order valence-corrected chi connectivity index (χ0v) is 15.3. The van der Waals surface area contributed by atoms with Crippen LogP contribution in [0.1, 0.15) is 22.7 Å². The van der Waals surface area contributed by atoms with Crippen LogP contribution in [-0.4, -0.2) is 24.0 Å². The monoisotopic (exact) mass is 384 g/mol. The molecule has 1 N–H and O–H groups in total. The quantitative estimate of drug-likeness (QED) is 0.639. The average molecular weight is 385 g/mol. The molecule has 0 bridgehead atoms. The number of rotatable bonds is 6. The fourth-order valence-electron chi connectivity index (χ4n) is 2.46. The van der Waals surface area contributed by atoms with E-state index in [1.54, 1.807) is 6.20 Å². The molecule has 1 amide bonds. The molecule has 3 rings (SSSR count). The highest BCUT2D eigenvalue weighted by molar-refractivity contribution is 6.33. The van der Waals surface area contributed by atoms with Crippen LogP contribution in [0.3, 0.4) is 0 Å². The Labute approximate surface area is 161 Å². The number of hydrogen-bond acceptors (Lipinski definition) is 5. The normalized spacial score (nSPS) is 10.4. The van der Waals surface area contributed by atoms with Crippen molar-refractivity contribution in [3.05, 3.63) is 71.2 Å². The lowest BCUT2D eigenvalue weighted by molar-refractivity contribution is -0.116. The van der Waals surface area contributed by atoms with Gasteiger partial charge in [0, 0.05) is 18.4 Å². The average Bonchev–Trinajstić information content (AvgIpc) is 3.17. The van der Waals surface area contributed by atoms with Gasteiger partial charge in [-0.25, -0.2) is 9.78 Å². The van der Waals surface area contributed by atoms with Crippen molar-refractivity contribution in [2.45, 2.75) is 12.8 Å². The molecule has 7 heteroatoms. The summed E-state index contributed by atoms with van der Waals surface area (Å²) in [7, 11) is 1.29. The molecule has 0 aliphatic carbocycles. The number of carbonyl (C=O) groups excluding carboxylic acids is 2. The van der Waals surface area contributed by atoms with Crippen LogP contribution < -0.4 is 5.32 Å². The number of nitrogens with zero attached hydrogens (tertiary/aromatic N) is 1. The Kier molecular flexibility index (Phi) is 5.88. The summed E-state index contributed by atoms with van der Waals surface area (Å²) < 4.78 is 10.3. The molecule has 0 radical (unpaired) electrons. The number of amides is 1. The lowest BCUT2D eigenvalue weighted by Crippen LogP contribution is -2.13. The zero-order chi connectivity index (χ0) is 19.2. The number of aromatic nitrogens is 1. The second-order valence-electron chi connectivity index (χ2n) is 5.72. The third kappa shape index (κ3) is 4.74. The van der Waals surface area contributed by atoms with Crippen molar-refractivity contribution in [2.24, 2.45) is 0 Å². The van der Waals surface area contributed by atoms with Crippen molar-refractivity contribution < 1.29 is 18.7 Å². The summed E-state index contributed by atoms with van der Waals surface area (Å²) >= 11 is 6.08. The first-order valence-corrected chi connectivity index (χ1v) is 8.62. The maximum atomic E-state index is 12.2. The number of ether oxygens (including phenoxy) is 1. The van der Waals surface area contributed by atoms with E-state index in [0.29, 0.717) is 34.3 Å². The summed E-state index contributed by atoms with van der Waals surface area (Å²) in [5.74, 6) is 0.354. The van der Waals surface area contributed by atoms with Crippen molar-refractivity contribution in [2.75, 3.05) is 12.4 Å². The van der Waals surface area contributed by atoms with Crippen LogP contribution in [0.5, 0.6) is 0 Å². The van der Waals surface area contributed by atoms with Crippen molar-refractivity contribution in [1.29, 1.82) is 0 Å². The minimum absolute atomic E-state index is 0.160. The Hall–Kier alpha value is -3.12. The Morgan fingerprint density at radius 2 is 1.96 bits per heavy atom. The molecule has 0 unspecified atom stereocenters. The van der Waals surface area contributed by atoms with E-state index < -0.39 is 5.97 Å². The molecule has 0 saturated carbocycles. The molecule has 0 spiro atoms. The highest BCUT2D eigenvalue weighted by Crippen LogP contribution is 2.24. The fourth-order valence-corrected chi connectivity index (χ4v) is 2.63. The van der Waals surface area contributed by atoms with Gasteiger partial charge in [-0.15, -0.1) is 0 Å². The Morgan fingerprint density at radius 3 is 2.70 bits per heavy atom. The van der Waals surface area contributed by atoms with E-state index in [1.807, 2.05) is 30.3 Å². The van der Waals surface area contributed by atoms with E-state index in [2.05, 4.69) is 15.0 Å². The van der Waals surface area contributed by atoms with Crippen LogP contribution in [-0.2, 0) is 16.0 Å². The van der Waals surface area contributed by atoms with Gasteiger partial charge in [-0.2, -0.15) is 0 Å². The van der Waals surface area contributed by atoms with Crippen LogP contribution in [0.15, 0.2) is 59.1 Å². The molecule has 6 nitrogen and oxygen atoms in total. The summed E-state index contributed by atoms with van der Waals surface area (Å²) in [4.78, 5) is 28.0. The van der Waals surface area contributed by atoms with E-state index in [4.69, 9.17) is 16.0 Å². The van der Waals surface area contributed by atoms with Crippen molar-refractivity contribution >= 4 is 29.2 Å². The number of methoxy groups -OCH3 is 1. The summed E-state index contributed by atoms with van der Waals surface area (Å²) in [5.41, 5.74) is 1.58. The van der Waals surface area contributed by atoms with Gasteiger partial charge in [0.2, 0.25) is 5.91 Å². The number of benzene rings is 2. The van der Waals surface area contributed by atoms with Gasteiger partial charge in [-0.1, -0.05) is 41.9 Å². The molecular formula is C20H17ClN2O4. The molecule has 0 atom stereocenters. The first-order chi connectivity index (χ1) is 13.1. The highest BCUT2D eigenvalue weighted by Gasteiger charge is 2.13. The van der Waals surface area contributed by atoms with Gasteiger partial charge < -0.3 is 14.5 Å². The largest absolute Gasteiger partial charge is 0.465 e. The molecule has 2 aromatic carbocycles. The number of hydrogen-bond donors (Lipinski definition) is 1. The first kappa shape index (κ1) is 18.7.